The van der Waals surface area contributed by atoms with Gasteiger partial charge in [-0.05, 0) is 30.7 Å². The Morgan fingerprint density at radius 3 is 2.62 bits per heavy atom. The second-order valence-electron chi connectivity index (χ2n) is 5.93. The van der Waals surface area contributed by atoms with Gasteiger partial charge in [0.05, 0.1) is 5.41 Å². The molecule has 1 aliphatic heterocycles. The highest BCUT2D eigenvalue weighted by atomic mass is 16.6. The number of likely N-dealkylation sites (tertiary alicyclic amines) is 1. The van der Waals surface area contributed by atoms with Crippen LogP contribution in [0.4, 0.5) is 4.79 Å². The average molecular weight is 289 g/mol. The van der Waals surface area contributed by atoms with Crippen molar-refractivity contribution in [3.63, 3.8) is 0 Å². The molecular formula is C16H19NO4. The summed E-state index contributed by atoms with van der Waals surface area (Å²) in [5.41, 5.74) is 0.375. The molecule has 112 valence electrons. The third-order valence-corrected chi connectivity index (χ3v) is 4.65. The predicted molar refractivity (Wildman–Crippen MR) is 75.6 cm³/mol. The fraction of sp³-hybridized carbons (Fsp3) is 0.500. The van der Waals surface area contributed by atoms with Gasteiger partial charge in [0.15, 0.2) is 0 Å². The SMILES string of the molecule is O=C(OCc1ccccc1)N1CC[C@H](C2(C(=O)O)CC2)C1. The highest BCUT2D eigenvalue weighted by Crippen LogP contribution is 2.55. The van der Waals surface area contributed by atoms with Crippen LogP contribution in [-0.4, -0.2) is 35.2 Å². The van der Waals surface area contributed by atoms with Crippen molar-refractivity contribution in [3.8, 4) is 0 Å². The zero-order valence-corrected chi connectivity index (χ0v) is 11.8. The predicted octanol–water partition coefficient (Wildman–Crippen LogP) is 2.51. The molecule has 1 saturated heterocycles. The maximum atomic E-state index is 12.0. The Hall–Kier alpha value is -2.04. The summed E-state index contributed by atoms with van der Waals surface area (Å²) in [4.78, 5) is 25.0. The number of ether oxygens (including phenoxy) is 1. The first-order chi connectivity index (χ1) is 10.1. The van der Waals surface area contributed by atoms with Crippen molar-refractivity contribution in [2.24, 2.45) is 11.3 Å². The van der Waals surface area contributed by atoms with Gasteiger partial charge in [-0.1, -0.05) is 30.3 Å². The van der Waals surface area contributed by atoms with Gasteiger partial charge >= 0.3 is 12.1 Å². The second-order valence-corrected chi connectivity index (χ2v) is 5.93. The third kappa shape index (κ3) is 2.73. The highest BCUT2D eigenvalue weighted by Gasteiger charge is 2.57. The zero-order chi connectivity index (χ0) is 14.9. The number of aliphatic carboxylic acids is 1. The van der Waals surface area contributed by atoms with E-state index in [-0.39, 0.29) is 18.6 Å². The number of carboxylic acids is 1. The quantitative estimate of drug-likeness (QED) is 0.925. The van der Waals surface area contributed by atoms with E-state index in [2.05, 4.69) is 0 Å². The number of rotatable bonds is 4. The first kappa shape index (κ1) is 13.9. The summed E-state index contributed by atoms with van der Waals surface area (Å²) in [7, 11) is 0. The van der Waals surface area contributed by atoms with E-state index in [9.17, 15) is 14.7 Å². The summed E-state index contributed by atoms with van der Waals surface area (Å²) in [5.74, 6) is -0.647. The maximum Gasteiger partial charge on any atom is 0.410 e. The lowest BCUT2D eigenvalue weighted by atomic mass is 9.88. The fourth-order valence-corrected chi connectivity index (χ4v) is 3.12. The number of benzene rings is 1. The van der Waals surface area contributed by atoms with E-state index < -0.39 is 11.4 Å². The minimum absolute atomic E-state index is 0.0688. The number of carboxylic acid groups (broad SMARTS) is 1. The summed E-state index contributed by atoms with van der Waals surface area (Å²) >= 11 is 0. The highest BCUT2D eigenvalue weighted by molar-refractivity contribution is 5.78. The summed E-state index contributed by atoms with van der Waals surface area (Å²) < 4.78 is 5.29. The molecule has 0 aromatic heterocycles. The van der Waals surface area contributed by atoms with Crippen molar-refractivity contribution in [1.82, 2.24) is 4.90 Å². The molecule has 0 unspecified atom stereocenters. The molecule has 21 heavy (non-hydrogen) atoms. The van der Waals surface area contributed by atoms with Gasteiger partial charge in [0, 0.05) is 13.1 Å². The smallest absolute Gasteiger partial charge is 0.410 e. The van der Waals surface area contributed by atoms with Gasteiger partial charge in [-0.25, -0.2) is 4.79 Å². The molecule has 0 radical (unpaired) electrons. The lowest BCUT2D eigenvalue weighted by molar-refractivity contribution is -0.145. The topological polar surface area (TPSA) is 66.8 Å². The zero-order valence-electron chi connectivity index (χ0n) is 11.8. The number of carbonyl (C=O) groups is 2. The average Bonchev–Trinajstić information content (AvgIpc) is 3.17. The molecule has 5 nitrogen and oxygen atoms in total. The van der Waals surface area contributed by atoms with Crippen LogP contribution in [-0.2, 0) is 16.1 Å². The van der Waals surface area contributed by atoms with Gasteiger partial charge in [0.25, 0.3) is 0 Å². The van der Waals surface area contributed by atoms with Gasteiger partial charge in [0.1, 0.15) is 6.61 Å². The minimum Gasteiger partial charge on any atom is -0.481 e. The standard InChI is InChI=1S/C16H19NO4/c18-14(19)16(7-8-16)13-6-9-17(10-13)15(20)21-11-12-4-2-1-3-5-12/h1-5,13H,6-11H2,(H,18,19)/t13-/m0/s1. The molecule has 1 atom stereocenters. The molecule has 1 aromatic carbocycles. The van der Waals surface area contributed by atoms with Crippen LogP contribution < -0.4 is 0 Å². The Morgan fingerprint density at radius 1 is 1.29 bits per heavy atom. The van der Waals surface area contributed by atoms with Gasteiger partial charge < -0.3 is 14.7 Å². The molecule has 1 aromatic rings. The molecule has 0 spiro atoms. The Bertz CT molecular complexity index is 538. The Kier molecular flexibility index (Phi) is 3.57. The van der Waals surface area contributed by atoms with Crippen molar-refractivity contribution in [3.05, 3.63) is 35.9 Å². The molecule has 1 N–H and O–H groups in total. The van der Waals surface area contributed by atoms with Crippen LogP contribution >= 0.6 is 0 Å². The number of hydrogen-bond donors (Lipinski definition) is 1. The van der Waals surface area contributed by atoms with E-state index >= 15 is 0 Å². The van der Waals surface area contributed by atoms with Crippen molar-refractivity contribution in [2.75, 3.05) is 13.1 Å². The third-order valence-electron chi connectivity index (χ3n) is 4.65. The lowest BCUT2D eigenvalue weighted by Crippen LogP contribution is -2.32. The first-order valence-corrected chi connectivity index (χ1v) is 7.31. The van der Waals surface area contributed by atoms with Gasteiger partial charge in [0.2, 0.25) is 0 Å². The molecule has 1 aliphatic carbocycles. The number of nitrogens with zero attached hydrogens (tertiary/aromatic N) is 1. The van der Waals surface area contributed by atoms with Gasteiger partial charge in [-0.3, -0.25) is 4.79 Å². The van der Waals surface area contributed by atoms with Crippen molar-refractivity contribution in [2.45, 2.75) is 25.9 Å². The molecule has 1 saturated carbocycles. The van der Waals surface area contributed by atoms with Crippen molar-refractivity contribution < 1.29 is 19.4 Å². The molecular weight excluding hydrogens is 270 g/mol. The lowest BCUT2D eigenvalue weighted by Gasteiger charge is -2.19. The molecule has 1 amide bonds. The molecule has 2 fully saturated rings. The minimum atomic E-state index is -0.716. The van der Waals surface area contributed by atoms with Crippen LogP contribution in [0.25, 0.3) is 0 Å². The van der Waals surface area contributed by atoms with E-state index in [4.69, 9.17) is 4.74 Å². The number of carbonyl (C=O) groups excluding carboxylic acids is 1. The monoisotopic (exact) mass is 289 g/mol. The fourth-order valence-electron chi connectivity index (χ4n) is 3.12. The normalized spacial score (nSPS) is 22.9. The maximum absolute atomic E-state index is 12.0. The number of amides is 1. The summed E-state index contributed by atoms with van der Waals surface area (Å²) in [5, 5.41) is 9.31. The van der Waals surface area contributed by atoms with E-state index in [1.807, 2.05) is 30.3 Å². The summed E-state index contributed by atoms with van der Waals surface area (Å²) in [6.07, 6.45) is 1.88. The van der Waals surface area contributed by atoms with Crippen LogP contribution in [0, 0.1) is 11.3 Å². The van der Waals surface area contributed by atoms with Crippen LogP contribution in [0.1, 0.15) is 24.8 Å². The molecule has 1 heterocycles. The first-order valence-electron chi connectivity index (χ1n) is 7.31. The Morgan fingerprint density at radius 2 is 2.00 bits per heavy atom. The Balaban J connectivity index is 1.52. The largest absolute Gasteiger partial charge is 0.481 e. The van der Waals surface area contributed by atoms with Crippen molar-refractivity contribution in [1.29, 1.82) is 0 Å². The molecule has 5 heteroatoms. The Labute approximate surface area is 123 Å². The van der Waals surface area contributed by atoms with E-state index in [1.165, 1.54) is 0 Å². The molecule has 2 aliphatic rings. The summed E-state index contributed by atoms with van der Waals surface area (Å²) in [6, 6.07) is 9.53. The molecule has 0 bridgehead atoms. The van der Waals surface area contributed by atoms with Crippen LogP contribution in [0.15, 0.2) is 30.3 Å². The van der Waals surface area contributed by atoms with Gasteiger partial charge in [-0.2, -0.15) is 0 Å². The van der Waals surface area contributed by atoms with Crippen molar-refractivity contribution >= 4 is 12.1 Å². The molecule has 3 rings (SSSR count). The van der Waals surface area contributed by atoms with E-state index in [0.29, 0.717) is 13.1 Å². The second kappa shape index (κ2) is 5.39. The van der Waals surface area contributed by atoms with E-state index in [1.54, 1.807) is 4.90 Å². The van der Waals surface area contributed by atoms with Crippen LogP contribution in [0.3, 0.4) is 0 Å². The van der Waals surface area contributed by atoms with Crippen LogP contribution in [0.2, 0.25) is 0 Å². The van der Waals surface area contributed by atoms with Gasteiger partial charge in [-0.15, -0.1) is 0 Å². The van der Waals surface area contributed by atoms with Crippen LogP contribution in [0.5, 0.6) is 0 Å². The number of hydrogen-bond acceptors (Lipinski definition) is 3. The van der Waals surface area contributed by atoms with E-state index in [0.717, 1.165) is 24.8 Å². The summed E-state index contributed by atoms with van der Waals surface area (Å²) in [6.45, 7) is 1.35.